The molecule has 3 rings (SSSR count). The van der Waals surface area contributed by atoms with Gasteiger partial charge in [-0.15, -0.1) is 0 Å². The van der Waals surface area contributed by atoms with Crippen LogP contribution in [-0.2, 0) is 11.2 Å². The van der Waals surface area contributed by atoms with Crippen molar-refractivity contribution in [1.82, 2.24) is 19.6 Å². The number of hydrogen-bond donors (Lipinski definition) is 1. The monoisotopic (exact) mass is 347 g/mol. The third-order valence-corrected chi connectivity index (χ3v) is 4.03. The van der Waals surface area contributed by atoms with Gasteiger partial charge in [-0.1, -0.05) is 11.6 Å². The van der Waals surface area contributed by atoms with Gasteiger partial charge in [0.15, 0.2) is 0 Å². The lowest BCUT2D eigenvalue weighted by atomic mass is 10.1. The highest BCUT2D eigenvalue weighted by Gasteiger charge is 2.13. The van der Waals surface area contributed by atoms with Crippen molar-refractivity contribution >= 4 is 29.0 Å². The van der Waals surface area contributed by atoms with Crippen LogP contribution >= 0.6 is 11.6 Å². The van der Waals surface area contributed by atoms with Gasteiger partial charge in [0, 0.05) is 22.8 Å². The van der Waals surface area contributed by atoms with E-state index in [-0.39, 0.29) is 18.0 Å². The summed E-state index contributed by atoms with van der Waals surface area (Å²) in [4.78, 5) is 20.5. The standard InChI is InChI=1S/C16H15ClFN5O/c1-9-12(10(2)23-16(21-9)19-8-20-23)4-6-15(24)22-14-7-11(17)3-5-13(14)18/h3,5,7-8H,4,6H2,1-2H3,(H,22,24). The van der Waals surface area contributed by atoms with Crippen molar-refractivity contribution in [2.24, 2.45) is 0 Å². The van der Waals surface area contributed by atoms with Gasteiger partial charge in [-0.3, -0.25) is 4.79 Å². The lowest BCUT2D eigenvalue weighted by Gasteiger charge is -2.11. The van der Waals surface area contributed by atoms with Gasteiger partial charge in [-0.2, -0.15) is 10.1 Å². The maximum atomic E-state index is 13.7. The third kappa shape index (κ3) is 3.21. The van der Waals surface area contributed by atoms with Gasteiger partial charge in [-0.05, 0) is 44.0 Å². The molecule has 0 bridgehead atoms. The molecule has 24 heavy (non-hydrogen) atoms. The topological polar surface area (TPSA) is 72.2 Å². The molecule has 0 radical (unpaired) electrons. The molecule has 124 valence electrons. The molecule has 0 spiro atoms. The number of hydrogen-bond acceptors (Lipinski definition) is 4. The number of carbonyl (C=O) groups is 1. The molecule has 0 atom stereocenters. The van der Waals surface area contributed by atoms with E-state index in [1.54, 1.807) is 4.52 Å². The highest BCUT2D eigenvalue weighted by molar-refractivity contribution is 6.30. The zero-order chi connectivity index (χ0) is 17.3. The smallest absolute Gasteiger partial charge is 0.252 e. The van der Waals surface area contributed by atoms with E-state index in [0.29, 0.717) is 17.2 Å². The Kier molecular flexibility index (Phi) is 4.44. The van der Waals surface area contributed by atoms with Crippen molar-refractivity contribution in [2.45, 2.75) is 26.7 Å². The van der Waals surface area contributed by atoms with Crippen molar-refractivity contribution in [1.29, 1.82) is 0 Å². The number of benzene rings is 1. The molecular formula is C16H15ClFN5O. The first-order valence-electron chi connectivity index (χ1n) is 7.36. The largest absolute Gasteiger partial charge is 0.324 e. The number of nitrogens with zero attached hydrogens (tertiary/aromatic N) is 4. The predicted octanol–water partition coefficient (Wildman–Crippen LogP) is 3.10. The number of rotatable bonds is 4. The highest BCUT2D eigenvalue weighted by Crippen LogP contribution is 2.20. The van der Waals surface area contributed by atoms with Gasteiger partial charge in [0.2, 0.25) is 5.91 Å². The molecule has 2 aromatic heterocycles. The number of carbonyl (C=O) groups excluding carboxylic acids is 1. The Bertz CT molecular complexity index is 924. The highest BCUT2D eigenvalue weighted by atomic mass is 35.5. The molecule has 0 unspecified atom stereocenters. The molecule has 0 saturated heterocycles. The first-order valence-corrected chi connectivity index (χ1v) is 7.74. The number of aryl methyl sites for hydroxylation is 2. The summed E-state index contributed by atoms with van der Waals surface area (Å²) < 4.78 is 15.3. The summed E-state index contributed by atoms with van der Waals surface area (Å²) >= 11 is 5.82. The van der Waals surface area contributed by atoms with Crippen molar-refractivity contribution in [2.75, 3.05) is 5.32 Å². The number of anilines is 1. The minimum Gasteiger partial charge on any atom is -0.324 e. The third-order valence-electron chi connectivity index (χ3n) is 3.79. The number of fused-ring (bicyclic) bond motifs is 1. The second kappa shape index (κ2) is 6.52. The van der Waals surface area contributed by atoms with Crippen LogP contribution in [0.15, 0.2) is 24.5 Å². The quantitative estimate of drug-likeness (QED) is 0.787. The van der Waals surface area contributed by atoms with Crippen molar-refractivity contribution in [3.63, 3.8) is 0 Å². The van der Waals surface area contributed by atoms with Crippen LogP contribution < -0.4 is 5.32 Å². The fraction of sp³-hybridized carbons (Fsp3) is 0.250. The molecule has 2 heterocycles. The summed E-state index contributed by atoms with van der Waals surface area (Å²) in [5.41, 5.74) is 2.69. The van der Waals surface area contributed by atoms with Crippen LogP contribution in [0.25, 0.3) is 5.78 Å². The van der Waals surface area contributed by atoms with Gasteiger partial charge in [-0.25, -0.2) is 13.9 Å². The summed E-state index contributed by atoms with van der Waals surface area (Å²) in [6.07, 6.45) is 2.09. The SMILES string of the molecule is Cc1nc2ncnn2c(C)c1CCC(=O)Nc1cc(Cl)ccc1F. The molecule has 0 aliphatic rings. The summed E-state index contributed by atoms with van der Waals surface area (Å²) in [7, 11) is 0. The van der Waals surface area contributed by atoms with Crippen molar-refractivity contribution in [3.05, 3.63) is 52.3 Å². The molecule has 1 amide bonds. The Hall–Kier alpha value is -2.54. The molecule has 8 heteroatoms. The first-order chi connectivity index (χ1) is 11.5. The zero-order valence-corrected chi connectivity index (χ0v) is 13.9. The summed E-state index contributed by atoms with van der Waals surface area (Å²) in [6, 6.07) is 4.03. The van der Waals surface area contributed by atoms with Crippen LogP contribution in [0.2, 0.25) is 5.02 Å². The predicted molar refractivity (Wildman–Crippen MR) is 88.6 cm³/mol. The lowest BCUT2D eigenvalue weighted by Crippen LogP contribution is -2.15. The Morgan fingerprint density at radius 1 is 1.38 bits per heavy atom. The second-order valence-electron chi connectivity index (χ2n) is 5.41. The minimum absolute atomic E-state index is 0.0748. The van der Waals surface area contributed by atoms with Crippen LogP contribution in [-0.4, -0.2) is 25.5 Å². The van der Waals surface area contributed by atoms with Crippen LogP contribution in [0.5, 0.6) is 0 Å². The first kappa shape index (κ1) is 16.3. The van der Waals surface area contributed by atoms with E-state index in [0.717, 1.165) is 17.0 Å². The number of halogens is 2. The van der Waals surface area contributed by atoms with Crippen LogP contribution in [0.1, 0.15) is 23.4 Å². The number of amides is 1. The van der Waals surface area contributed by atoms with E-state index in [2.05, 4.69) is 20.4 Å². The van der Waals surface area contributed by atoms with Gasteiger partial charge in [0.1, 0.15) is 12.1 Å². The fourth-order valence-corrected chi connectivity index (χ4v) is 2.73. The second-order valence-corrected chi connectivity index (χ2v) is 5.84. The van der Waals surface area contributed by atoms with Gasteiger partial charge < -0.3 is 5.32 Å². The average Bonchev–Trinajstić information content (AvgIpc) is 2.99. The van der Waals surface area contributed by atoms with E-state index < -0.39 is 5.82 Å². The van der Waals surface area contributed by atoms with E-state index in [1.165, 1.54) is 24.5 Å². The van der Waals surface area contributed by atoms with E-state index >= 15 is 0 Å². The molecular weight excluding hydrogens is 333 g/mol. The Balaban J connectivity index is 1.73. The Morgan fingerprint density at radius 3 is 2.96 bits per heavy atom. The summed E-state index contributed by atoms with van der Waals surface area (Å²) in [5.74, 6) is -0.293. The average molecular weight is 348 g/mol. The molecule has 0 aliphatic heterocycles. The van der Waals surface area contributed by atoms with Gasteiger partial charge in [0.05, 0.1) is 5.69 Å². The summed E-state index contributed by atoms with van der Waals surface area (Å²) in [5, 5.41) is 7.01. The van der Waals surface area contributed by atoms with Gasteiger partial charge in [0.25, 0.3) is 5.78 Å². The number of aromatic nitrogens is 4. The molecule has 0 saturated carbocycles. The fourth-order valence-electron chi connectivity index (χ4n) is 2.56. The molecule has 3 aromatic rings. The summed E-state index contributed by atoms with van der Waals surface area (Å²) in [6.45, 7) is 3.77. The van der Waals surface area contributed by atoms with E-state index in [1.807, 2.05) is 13.8 Å². The van der Waals surface area contributed by atoms with Gasteiger partial charge >= 0.3 is 0 Å². The van der Waals surface area contributed by atoms with Crippen LogP contribution in [0.3, 0.4) is 0 Å². The van der Waals surface area contributed by atoms with E-state index in [9.17, 15) is 9.18 Å². The lowest BCUT2D eigenvalue weighted by molar-refractivity contribution is -0.116. The maximum absolute atomic E-state index is 13.7. The number of nitrogens with one attached hydrogen (secondary N) is 1. The minimum atomic E-state index is -0.522. The zero-order valence-electron chi connectivity index (χ0n) is 13.2. The van der Waals surface area contributed by atoms with Crippen molar-refractivity contribution < 1.29 is 9.18 Å². The molecule has 1 N–H and O–H groups in total. The van der Waals surface area contributed by atoms with E-state index in [4.69, 9.17) is 11.6 Å². The molecule has 6 nitrogen and oxygen atoms in total. The maximum Gasteiger partial charge on any atom is 0.252 e. The normalized spacial score (nSPS) is 11.0. The Morgan fingerprint density at radius 2 is 2.17 bits per heavy atom. The molecule has 1 aromatic carbocycles. The Labute approximate surface area is 142 Å². The van der Waals surface area contributed by atoms with Crippen LogP contribution in [0.4, 0.5) is 10.1 Å². The van der Waals surface area contributed by atoms with Crippen LogP contribution in [0, 0.1) is 19.7 Å². The van der Waals surface area contributed by atoms with Crippen molar-refractivity contribution in [3.8, 4) is 0 Å². The molecule has 0 fully saturated rings. The molecule has 0 aliphatic carbocycles.